The smallest absolute Gasteiger partial charge is 0.276 e. The van der Waals surface area contributed by atoms with Gasteiger partial charge in [0.1, 0.15) is 11.6 Å². The predicted molar refractivity (Wildman–Crippen MR) is 100 cm³/mol. The van der Waals surface area contributed by atoms with Crippen LogP contribution in [0.3, 0.4) is 0 Å². The van der Waals surface area contributed by atoms with Crippen LogP contribution in [0.5, 0.6) is 0 Å². The molecule has 1 fully saturated rings. The first kappa shape index (κ1) is 16.6. The van der Waals surface area contributed by atoms with Gasteiger partial charge in [-0.05, 0) is 24.6 Å². The molecule has 1 saturated heterocycles. The lowest BCUT2D eigenvalue weighted by atomic mass is 10.1. The number of rotatable bonds is 3. The largest absolute Gasteiger partial charge is 0.361 e. The molecule has 0 atom stereocenters. The van der Waals surface area contributed by atoms with Crippen LogP contribution in [0.15, 0.2) is 40.9 Å². The molecule has 6 heteroatoms. The van der Waals surface area contributed by atoms with Crippen molar-refractivity contribution in [2.45, 2.75) is 20.3 Å². The first-order valence-electron chi connectivity index (χ1n) is 9.02. The van der Waals surface area contributed by atoms with Crippen molar-refractivity contribution >= 4 is 22.6 Å². The summed E-state index contributed by atoms with van der Waals surface area (Å²) in [6, 6.07) is 12.1. The molecule has 4 rings (SSSR count). The van der Waals surface area contributed by atoms with Crippen LogP contribution in [0.1, 0.15) is 28.7 Å². The number of aromatic nitrogens is 2. The number of aryl methyl sites for hydroxylation is 2. The highest BCUT2D eigenvalue weighted by Gasteiger charge is 2.25. The van der Waals surface area contributed by atoms with Gasteiger partial charge in [0.15, 0.2) is 5.69 Å². The summed E-state index contributed by atoms with van der Waals surface area (Å²) in [5.41, 5.74) is 2.63. The van der Waals surface area contributed by atoms with E-state index in [1.165, 1.54) is 10.9 Å². The maximum Gasteiger partial charge on any atom is 0.276 e. The monoisotopic (exact) mass is 350 g/mol. The van der Waals surface area contributed by atoms with Crippen LogP contribution in [0.4, 0.5) is 5.82 Å². The van der Waals surface area contributed by atoms with Gasteiger partial charge in [0, 0.05) is 44.1 Å². The molecule has 6 nitrogen and oxygen atoms in total. The molecule has 3 aromatic rings. The summed E-state index contributed by atoms with van der Waals surface area (Å²) in [5.74, 6) is 1.65. The summed E-state index contributed by atoms with van der Waals surface area (Å²) in [4.78, 5) is 21.4. The van der Waals surface area contributed by atoms with Gasteiger partial charge in [0.25, 0.3) is 5.91 Å². The van der Waals surface area contributed by atoms with Crippen LogP contribution in [-0.2, 0) is 6.42 Å². The summed E-state index contributed by atoms with van der Waals surface area (Å²) in [6.45, 7) is 6.92. The molecule has 0 bridgehead atoms. The summed E-state index contributed by atoms with van der Waals surface area (Å²) in [7, 11) is 0. The average molecular weight is 350 g/mol. The molecule has 0 N–H and O–H groups in total. The molecule has 1 aliphatic rings. The lowest BCUT2D eigenvalue weighted by Gasteiger charge is -2.35. The maximum absolute atomic E-state index is 12.6. The second kappa shape index (κ2) is 6.78. The Bertz CT molecular complexity index is 942. The maximum atomic E-state index is 12.6. The zero-order valence-electron chi connectivity index (χ0n) is 15.1. The summed E-state index contributed by atoms with van der Waals surface area (Å²) >= 11 is 0. The van der Waals surface area contributed by atoms with Crippen LogP contribution in [0.25, 0.3) is 10.9 Å². The van der Waals surface area contributed by atoms with E-state index < -0.39 is 0 Å². The topological polar surface area (TPSA) is 62.5 Å². The summed E-state index contributed by atoms with van der Waals surface area (Å²) in [5, 5.41) is 5.08. The van der Waals surface area contributed by atoms with Crippen molar-refractivity contribution in [1.29, 1.82) is 0 Å². The number of fused-ring (bicyclic) bond motifs is 1. The van der Waals surface area contributed by atoms with Gasteiger partial charge in [0.2, 0.25) is 0 Å². The first-order chi connectivity index (χ1) is 12.7. The third-order valence-electron chi connectivity index (χ3n) is 4.93. The van der Waals surface area contributed by atoms with E-state index in [0.29, 0.717) is 18.8 Å². The van der Waals surface area contributed by atoms with Gasteiger partial charge >= 0.3 is 0 Å². The van der Waals surface area contributed by atoms with Crippen molar-refractivity contribution < 1.29 is 9.32 Å². The molecular weight excluding hydrogens is 328 g/mol. The number of pyridine rings is 1. The minimum Gasteiger partial charge on any atom is -0.361 e. The number of carbonyl (C=O) groups is 1. The normalized spacial score (nSPS) is 14.8. The quantitative estimate of drug-likeness (QED) is 0.726. The highest BCUT2D eigenvalue weighted by Crippen LogP contribution is 2.23. The molecule has 0 spiro atoms. The van der Waals surface area contributed by atoms with Gasteiger partial charge in [-0.3, -0.25) is 4.79 Å². The minimum atomic E-state index is -0.0595. The van der Waals surface area contributed by atoms with Gasteiger partial charge in [-0.2, -0.15) is 0 Å². The molecule has 26 heavy (non-hydrogen) atoms. The molecule has 1 amide bonds. The number of anilines is 1. The average Bonchev–Trinajstić information content (AvgIpc) is 3.17. The van der Waals surface area contributed by atoms with E-state index in [-0.39, 0.29) is 5.91 Å². The third kappa shape index (κ3) is 3.03. The Hall–Kier alpha value is -2.89. The molecule has 1 aliphatic heterocycles. The van der Waals surface area contributed by atoms with Crippen molar-refractivity contribution in [2.24, 2.45) is 0 Å². The number of hydrogen-bond donors (Lipinski definition) is 0. The molecule has 2 aromatic heterocycles. The fourth-order valence-electron chi connectivity index (χ4n) is 3.37. The number of para-hydroxylation sites is 1. The molecule has 3 heterocycles. The second-order valence-electron chi connectivity index (χ2n) is 6.63. The number of carbonyl (C=O) groups excluding carboxylic acids is 1. The summed E-state index contributed by atoms with van der Waals surface area (Å²) < 4.78 is 5.15. The van der Waals surface area contributed by atoms with E-state index in [1.807, 2.05) is 30.0 Å². The lowest BCUT2D eigenvalue weighted by molar-refractivity contribution is 0.0736. The van der Waals surface area contributed by atoms with Gasteiger partial charge in [-0.15, -0.1) is 0 Å². The number of amides is 1. The molecule has 0 aliphatic carbocycles. The second-order valence-corrected chi connectivity index (χ2v) is 6.63. The van der Waals surface area contributed by atoms with Crippen molar-refractivity contribution in [3.8, 4) is 0 Å². The fourth-order valence-corrected chi connectivity index (χ4v) is 3.37. The molecule has 134 valence electrons. The van der Waals surface area contributed by atoms with Gasteiger partial charge in [0.05, 0.1) is 5.52 Å². The van der Waals surface area contributed by atoms with Gasteiger partial charge < -0.3 is 14.3 Å². The number of hydrogen-bond acceptors (Lipinski definition) is 5. The van der Waals surface area contributed by atoms with Gasteiger partial charge in [-0.1, -0.05) is 30.3 Å². The standard InChI is InChI=1S/C20H22N4O2/c1-3-15-13-18(22-26-15)20(25)24-10-8-23(9-11-24)19-12-14(2)16-6-4-5-7-17(16)21-19/h4-7,12-13H,3,8-11H2,1-2H3. The van der Waals surface area contributed by atoms with Crippen LogP contribution < -0.4 is 4.90 Å². The van der Waals surface area contributed by atoms with Crippen LogP contribution in [-0.4, -0.2) is 47.1 Å². The van der Waals surface area contributed by atoms with Crippen molar-refractivity contribution in [1.82, 2.24) is 15.0 Å². The van der Waals surface area contributed by atoms with E-state index in [9.17, 15) is 4.79 Å². The van der Waals surface area contributed by atoms with Crippen molar-refractivity contribution in [3.63, 3.8) is 0 Å². The molecular formula is C20H22N4O2. The molecule has 1 aromatic carbocycles. The van der Waals surface area contributed by atoms with E-state index in [1.54, 1.807) is 6.07 Å². The highest BCUT2D eigenvalue weighted by molar-refractivity contribution is 5.92. The number of piperazine rings is 1. The Morgan fingerprint density at radius 3 is 2.65 bits per heavy atom. The third-order valence-corrected chi connectivity index (χ3v) is 4.93. The Morgan fingerprint density at radius 2 is 1.92 bits per heavy atom. The predicted octanol–water partition coefficient (Wildman–Crippen LogP) is 3.06. The Morgan fingerprint density at radius 1 is 1.15 bits per heavy atom. The van der Waals surface area contributed by atoms with Crippen LogP contribution in [0.2, 0.25) is 0 Å². The summed E-state index contributed by atoms with van der Waals surface area (Å²) in [6.07, 6.45) is 0.737. The van der Waals surface area contributed by atoms with E-state index in [2.05, 4.69) is 29.1 Å². The number of nitrogens with zero attached hydrogens (tertiary/aromatic N) is 4. The molecule has 0 saturated carbocycles. The van der Waals surface area contributed by atoms with Crippen LogP contribution >= 0.6 is 0 Å². The van der Waals surface area contributed by atoms with Crippen LogP contribution in [0, 0.1) is 6.92 Å². The highest BCUT2D eigenvalue weighted by atomic mass is 16.5. The minimum absolute atomic E-state index is 0.0595. The zero-order chi connectivity index (χ0) is 18.1. The Kier molecular flexibility index (Phi) is 4.32. The lowest BCUT2D eigenvalue weighted by Crippen LogP contribution is -2.49. The van der Waals surface area contributed by atoms with E-state index in [0.717, 1.165) is 36.6 Å². The van der Waals surface area contributed by atoms with Crippen molar-refractivity contribution in [3.05, 3.63) is 53.4 Å². The Balaban J connectivity index is 1.47. The first-order valence-corrected chi connectivity index (χ1v) is 9.02. The van der Waals surface area contributed by atoms with Crippen molar-refractivity contribution in [2.75, 3.05) is 31.1 Å². The zero-order valence-corrected chi connectivity index (χ0v) is 15.1. The van der Waals surface area contributed by atoms with Gasteiger partial charge in [-0.25, -0.2) is 4.98 Å². The van der Waals surface area contributed by atoms with E-state index >= 15 is 0 Å². The number of benzene rings is 1. The SMILES string of the molecule is CCc1cc(C(=O)N2CCN(c3cc(C)c4ccccc4n3)CC2)no1. The molecule has 0 radical (unpaired) electrons. The molecule has 0 unspecified atom stereocenters. The van der Waals surface area contributed by atoms with E-state index in [4.69, 9.17) is 9.51 Å². The Labute approximate surface area is 152 Å². The fraction of sp³-hybridized carbons (Fsp3) is 0.350.